The monoisotopic (exact) mass is 554 g/mol. The fourth-order valence-corrected chi connectivity index (χ4v) is 4.06. The number of nitrogens with one attached hydrogen (secondary N) is 1. The maximum Gasteiger partial charge on any atom is 0.325 e. The molecule has 0 aliphatic carbocycles. The number of ether oxygens (including phenoxy) is 1. The van der Waals surface area contributed by atoms with E-state index in [-0.39, 0.29) is 26.2 Å². The Morgan fingerprint density at radius 1 is 0.683 bits per heavy atom. The van der Waals surface area contributed by atoms with Crippen molar-refractivity contribution in [2.75, 3.05) is 6.54 Å². The molecule has 4 aromatic rings. The van der Waals surface area contributed by atoms with Crippen molar-refractivity contribution < 1.29 is 28.3 Å². The second-order valence-corrected chi connectivity index (χ2v) is 9.37. The molecule has 8 heteroatoms. The molecular weight excluding hydrogens is 523 g/mol. The number of esters is 1. The molecule has 210 valence electrons. The third-order valence-electron chi connectivity index (χ3n) is 6.26. The van der Waals surface area contributed by atoms with Crippen LogP contribution in [0.5, 0.6) is 0 Å². The average Bonchev–Trinajstić information content (AvgIpc) is 3.02. The molecule has 0 saturated heterocycles. The summed E-state index contributed by atoms with van der Waals surface area (Å²) in [5, 5.41) is 3.68. The Labute approximate surface area is 238 Å². The molecule has 0 saturated carbocycles. The number of nitrogens with zero attached hydrogens (tertiary/aromatic N) is 1. The summed E-state index contributed by atoms with van der Waals surface area (Å²) in [6, 6.07) is 33.3. The van der Waals surface area contributed by atoms with Crippen LogP contribution in [0.15, 0.2) is 115 Å². The Kier molecular flexibility index (Phi) is 10.7. The van der Waals surface area contributed by atoms with E-state index in [1.165, 1.54) is 12.1 Å². The van der Waals surface area contributed by atoms with E-state index >= 15 is 0 Å². The first-order chi connectivity index (χ1) is 20.0. The van der Waals surface area contributed by atoms with Crippen LogP contribution in [0.25, 0.3) is 0 Å². The number of carbonyl (C=O) groups excluding carboxylic acids is 3. The molecular formula is C33H31FN2O5. The lowest BCUT2D eigenvalue weighted by Gasteiger charge is -2.26. The van der Waals surface area contributed by atoms with Gasteiger partial charge in [-0.1, -0.05) is 103 Å². The molecule has 0 bridgehead atoms. The highest BCUT2D eigenvalue weighted by molar-refractivity contribution is 6.01. The largest absolute Gasteiger partial charge is 0.460 e. The van der Waals surface area contributed by atoms with Gasteiger partial charge in [0, 0.05) is 0 Å². The second-order valence-electron chi connectivity index (χ2n) is 9.37. The number of hydroxylamine groups is 2. The molecule has 0 aliphatic heterocycles. The van der Waals surface area contributed by atoms with Crippen LogP contribution in [0.1, 0.15) is 22.3 Å². The molecule has 0 aromatic heterocycles. The van der Waals surface area contributed by atoms with Crippen molar-refractivity contribution in [1.29, 1.82) is 0 Å². The highest BCUT2D eigenvalue weighted by Crippen LogP contribution is 2.17. The van der Waals surface area contributed by atoms with E-state index in [1.54, 1.807) is 12.1 Å². The van der Waals surface area contributed by atoms with Crippen molar-refractivity contribution in [2.45, 2.75) is 26.2 Å². The van der Waals surface area contributed by atoms with Crippen LogP contribution in [-0.2, 0) is 50.1 Å². The van der Waals surface area contributed by atoms with E-state index in [0.717, 1.165) is 21.8 Å². The third-order valence-corrected chi connectivity index (χ3v) is 6.26. The van der Waals surface area contributed by atoms with Crippen LogP contribution in [-0.4, -0.2) is 29.4 Å². The Morgan fingerprint density at radius 3 is 1.80 bits per heavy atom. The fraction of sp³-hybridized carbons (Fsp3) is 0.182. The van der Waals surface area contributed by atoms with Gasteiger partial charge >= 0.3 is 5.97 Å². The van der Waals surface area contributed by atoms with Gasteiger partial charge in [0.05, 0.1) is 6.54 Å². The highest BCUT2D eigenvalue weighted by Gasteiger charge is 2.32. The van der Waals surface area contributed by atoms with Gasteiger partial charge in [-0.2, -0.15) is 0 Å². The van der Waals surface area contributed by atoms with E-state index in [0.29, 0.717) is 5.56 Å². The zero-order valence-corrected chi connectivity index (χ0v) is 22.4. The first-order valence-electron chi connectivity index (χ1n) is 13.2. The van der Waals surface area contributed by atoms with Gasteiger partial charge in [-0.05, 0) is 40.8 Å². The van der Waals surface area contributed by atoms with Crippen LogP contribution in [0.4, 0.5) is 4.39 Å². The minimum Gasteiger partial charge on any atom is -0.460 e. The number of hydrogen-bond donors (Lipinski definition) is 1. The summed E-state index contributed by atoms with van der Waals surface area (Å²) in [5.41, 5.74) is 3.03. The summed E-state index contributed by atoms with van der Waals surface area (Å²) in [4.78, 5) is 45.5. The van der Waals surface area contributed by atoms with Gasteiger partial charge in [0.2, 0.25) is 5.91 Å². The van der Waals surface area contributed by atoms with Crippen LogP contribution < -0.4 is 5.32 Å². The maximum atomic E-state index is 13.9. The van der Waals surface area contributed by atoms with Gasteiger partial charge in [-0.25, -0.2) is 9.45 Å². The van der Waals surface area contributed by atoms with Crippen molar-refractivity contribution in [3.63, 3.8) is 0 Å². The van der Waals surface area contributed by atoms with E-state index in [2.05, 4.69) is 5.32 Å². The SMILES string of the molecule is O=C(CNC(=O)C(Cc1ccccc1)C(=O)N(Cc1ccc(F)cc1)OCc1ccccc1)OCc1ccccc1. The predicted octanol–water partition coefficient (Wildman–Crippen LogP) is 5.00. The standard InChI is InChI=1S/C33H31FN2O5/c34-29-18-16-26(17-19-29)22-36(41-24-28-14-8-3-9-15-28)33(39)30(20-25-10-4-1-5-11-25)32(38)35-21-31(37)40-23-27-12-6-2-7-13-27/h1-19,30H,20-24H2,(H,35,38). The Bertz CT molecular complexity index is 1400. The molecule has 1 N–H and O–H groups in total. The van der Waals surface area contributed by atoms with E-state index < -0.39 is 36.1 Å². The van der Waals surface area contributed by atoms with Crippen LogP contribution in [0.2, 0.25) is 0 Å². The predicted molar refractivity (Wildman–Crippen MR) is 151 cm³/mol. The van der Waals surface area contributed by atoms with E-state index in [9.17, 15) is 18.8 Å². The third kappa shape index (κ3) is 9.40. The molecule has 1 atom stereocenters. The van der Waals surface area contributed by atoms with Crippen molar-refractivity contribution in [1.82, 2.24) is 10.4 Å². The van der Waals surface area contributed by atoms with Crippen molar-refractivity contribution in [2.24, 2.45) is 5.92 Å². The van der Waals surface area contributed by atoms with Gasteiger partial charge in [0.1, 0.15) is 31.5 Å². The van der Waals surface area contributed by atoms with Gasteiger partial charge in [-0.15, -0.1) is 0 Å². The molecule has 41 heavy (non-hydrogen) atoms. The maximum absolute atomic E-state index is 13.9. The number of benzene rings is 4. The Morgan fingerprint density at radius 2 is 1.22 bits per heavy atom. The summed E-state index contributed by atoms with van der Waals surface area (Å²) in [6.07, 6.45) is 0.0825. The quantitative estimate of drug-likeness (QED) is 0.143. The molecule has 2 amide bonds. The van der Waals surface area contributed by atoms with Crippen molar-refractivity contribution >= 4 is 17.8 Å². The van der Waals surface area contributed by atoms with E-state index in [4.69, 9.17) is 9.57 Å². The zero-order valence-electron chi connectivity index (χ0n) is 22.4. The first kappa shape index (κ1) is 29.2. The summed E-state index contributed by atoms with van der Waals surface area (Å²) in [6.45, 7) is -0.253. The minimum absolute atomic E-state index is 0.0103. The second kappa shape index (κ2) is 15.1. The number of rotatable bonds is 13. The number of amides is 2. The molecule has 7 nitrogen and oxygen atoms in total. The summed E-state index contributed by atoms with van der Waals surface area (Å²) >= 11 is 0. The molecule has 0 fully saturated rings. The Hall–Kier alpha value is -4.82. The van der Waals surface area contributed by atoms with Crippen LogP contribution in [0, 0.1) is 11.7 Å². The fourth-order valence-electron chi connectivity index (χ4n) is 4.06. The lowest BCUT2D eigenvalue weighted by molar-refractivity contribution is -0.200. The number of halogens is 1. The lowest BCUT2D eigenvalue weighted by atomic mass is 9.97. The van der Waals surface area contributed by atoms with Gasteiger partial charge < -0.3 is 10.1 Å². The molecule has 1 unspecified atom stereocenters. The molecule has 4 aromatic carbocycles. The van der Waals surface area contributed by atoms with Crippen molar-refractivity contribution in [3.8, 4) is 0 Å². The molecule has 0 radical (unpaired) electrons. The normalized spacial score (nSPS) is 11.3. The molecule has 0 aliphatic rings. The average molecular weight is 555 g/mol. The lowest BCUT2D eigenvalue weighted by Crippen LogP contribution is -2.45. The summed E-state index contributed by atoms with van der Waals surface area (Å²) < 4.78 is 18.8. The number of hydrogen-bond acceptors (Lipinski definition) is 5. The molecule has 0 heterocycles. The molecule has 4 rings (SSSR count). The summed E-state index contributed by atoms with van der Waals surface area (Å²) in [5.74, 6) is -3.46. The minimum atomic E-state index is -1.20. The van der Waals surface area contributed by atoms with Gasteiger partial charge in [0.15, 0.2) is 0 Å². The van der Waals surface area contributed by atoms with Gasteiger partial charge in [-0.3, -0.25) is 19.2 Å². The van der Waals surface area contributed by atoms with E-state index in [1.807, 2.05) is 91.0 Å². The smallest absolute Gasteiger partial charge is 0.325 e. The summed E-state index contributed by atoms with van der Waals surface area (Å²) in [7, 11) is 0. The Balaban J connectivity index is 1.49. The van der Waals surface area contributed by atoms with Gasteiger partial charge in [0.25, 0.3) is 5.91 Å². The van der Waals surface area contributed by atoms with Crippen LogP contribution in [0.3, 0.4) is 0 Å². The highest BCUT2D eigenvalue weighted by atomic mass is 19.1. The number of carbonyl (C=O) groups is 3. The molecule has 0 spiro atoms. The topological polar surface area (TPSA) is 84.9 Å². The van der Waals surface area contributed by atoms with Crippen LogP contribution >= 0.6 is 0 Å². The first-order valence-corrected chi connectivity index (χ1v) is 13.2. The van der Waals surface area contributed by atoms with Crippen molar-refractivity contribution in [3.05, 3.63) is 143 Å². The zero-order chi connectivity index (χ0) is 28.9.